The van der Waals surface area contributed by atoms with Crippen LogP contribution in [0.4, 0.5) is 11.4 Å². The summed E-state index contributed by atoms with van der Waals surface area (Å²) in [6.07, 6.45) is 1.71. The van der Waals surface area contributed by atoms with E-state index in [-0.39, 0.29) is 25.5 Å². The van der Waals surface area contributed by atoms with Crippen LogP contribution in [0.3, 0.4) is 0 Å². The quantitative estimate of drug-likeness (QED) is 0.685. The lowest BCUT2D eigenvalue weighted by Crippen LogP contribution is -2.29. The molecule has 2 aromatic rings. The maximum atomic E-state index is 12.7. The van der Waals surface area contributed by atoms with Gasteiger partial charge in [0.15, 0.2) is 6.61 Å². The molecule has 0 bridgehead atoms. The highest BCUT2D eigenvalue weighted by Gasteiger charge is 2.37. The molecule has 0 aliphatic carbocycles. The minimum atomic E-state index is -0.573. The smallest absolute Gasteiger partial charge is 0.311 e. The Morgan fingerprint density at radius 1 is 1.06 bits per heavy atom. The number of aryl methyl sites for hydroxylation is 4. The highest BCUT2D eigenvalue weighted by molar-refractivity contribution is 6.01. The number of amides is 2. The van der Waals surface area contributed by atoms with E-state index < -0.39 is 17.8 Å². The van der Waals surface area contributed by atoms with Crippen LogP contribution < -0.4 is 10.2 Å². The van der Waals surface area contributed by atoms with Gasteiger partial charge in [-0.3, -0.25) is 14.4 Å². The highest BCUT2D eigenvalue weighted by Crippen LogP contribution is 2.32. The summed E-state index contributed by atoms with van der Waals surface area (Å²) in [7, 11) is 0. The van der Waals surface area contributed by atoms with Gasteiger partial charge in [-0.25, -0.2) is 0 Å². The molecule has 31 heavy (non-hydrogen) atoms. The average molecular weight is 423 g/mol. The fraction of sp³-hybridized carbons (Fsp3) is 0.400. The number of para-hydroxylation sites is 1. The van der Waals surface area contributed by atoms with Gasteiger partial charge in [0.1, 0.15) is 0 Å². The summed E-state index contributed by atoms with van der Waals surface area (Å²) >= 11 is 0. The number of carbonyl (C=O) groups is 3. The van der Waals surface area contributed by atoms with E-state index in [9.17, 15) is 14.4 Å². The van der Waals surface area contributed by atoms with Crippen molar-refractivity contribution in [3.8, 4) is 0 Å². The van der Waals surface area contributed by atoms with Gasteiger partial charge >= 0.3 is 5.97 Å². The molecule has 6 nitrogen and oxygen atoms in total. The molecule has 0 aromatic heterocycles. The lowest BCUT2D eigenvalue weighted by molar-refractivity contribution is -0.151. The molecule has 1 atom stereocenters. The van der Waals surface area contributed by atoms with Crippen LogP contribution in [-0.4, -0.2) is 30.9 Å². The molecule has 2 aromatic carbocycles. The summed E-state index contributed by atoms with van der Waals surface area (Å²) in [6, 6.07) is 11.6. The summed E-state index contributed by atoms with van der Waals surface area (Å²) in [5, 5.41) is 2.74. The van der Waals surface area contributed by atoms with Gasteiger partial charge in [0.2, 0.25) is 5.91 Å². The summed E-state index contributed by atoms with van der Waals surface area (Å²) in [6.45, 7) is 7.98. The Hall–Kier alpha value is -3.15. The monoisotopic (exact) mass is 422 g/mol. The maximum Gasteiger partial charge on any atom is 0.311 e. The maximum absolute atomic E-state index is 12.7. The normalized spacial score (nSPS) is 15.8. The molecule has 6 heteroatoms. The Bertz CT molecular complexity index is 977. The summed E-state index contributed by atoms with van der Waals surface area (Å²) in [5.41, 5.74) is 5.97. The van der Waals surface area contributed by atoms with Gasteiger partial charge in [-0.15, -0.1) is 0 Å². The van der Waals surface area contributed by atoms with Crippen molar-refractivity contribution in [2.75, 3.05) is 23.4 Å². The molecule has 0 spiro atoms. The van der Waals surface area contributed by atoms with E-state index in [1.165, 1.54) is 0 Å². The van der Waals surface area contributed by atoms with E-state index in [1.54, 1.807) is 4.90 Å². The second-order valence-corrected chi connectivity index (χ2v) is 7.99. The van der Waals surface area contributed by atoms with E-state index in [4.69, 9.17) is 4.74 Å². The van der Waals surface area contributed by atoms with E-state index in [0.29, 0.717) is 5.69 Å². The third-order valence-corrected chi connectivity index (χ3v) is 5.83. The number of ether oxygens (including phenoxy) is 1. The lowest BCUT2D eigenvalue weighted by Gasteiger charge is -2.23. The minimum Gasteiger partial charge on any atom is -0.455 e. The number of hydrogen-bond donors (Lipinski definition) is 1. The average Bonchev–Trinajstić information content (AvgIpc) is 3.15. The fourth-order valence-corrected chi connectivity index (χ4v) is 3.91. The number of nitrogens with one attached hydrogen (secondary N) is 1. The highest BCUT2D eigenvalue weighted by atomic mass is 16.5. The largest absolute Gasteiger partial charge is 0.455 e. The zero-order valence-corrected chi connectivity index (χ0v) is 18.7. The SMILES string of the molecule is CCc1cccc(CC)c1N1C[C@@H](C(=O)OCC(=O)Nc2ccc(C)c(C)c2)CC1=O. The molecule has 164 valence electrons. The fourth-order valence-electron chi connectivity index (χ4n) is 3.91. The molecular formula is C25H30N2O4. The van der Waals surface area contributed by atoms with E-state index in [1.807, 2.05) is 50.2 Å². The predicted octanol–water partition coefficient (Wildman–Crippen LogP) is 3.96. The molecule has 1 fully saturated rings. The molecule has 3 rings (SSSR count). The van der Waals surface area contributed by atoms with E-state index in [0.717, 1.165) is 40.8 Å². The Morgan fingerprint density at radius 3 is 2.35 bits per heavy atom. The molecule has 1 heterocycles. The van der Waals surface area contributed by atoms with Gasteiger partial charge in [0.05, 0.1) is 5.92 Å². The molecule has 1 aliphatic heterocycles. The van der Waals surface area contributed by atoms with Crippen LogP contribution in [0.5, 0.6) is 0 Å². The third kappa shape index (κ3) is 5.13. The second-order valence-electron chi connectivity index (χ2n) is 7.99. The molecule has 0 unspecified atom stereocenters. The first-order valence-electron chi connectivity index (χ1n) is 10.8. The molecule has 0 saturated carbocycles. The summed E-state index contributed by atoms with van der Waals surface area (Å²) in [5.74, 6) is -1.57. The zero-order chi connectivity index (χ0) is 22.5. The van der Waals surface area contributed by atoms with E-state index in [2.05, 4.69) is 19.2 Å². The van der Waals surface area contributed by atoms with Gasteiger partial charge in [0.25, 0.3) is 5.91 Å². The van der Waals surface area contributed by atoms with Crippen LogP contribution in [0.2, 0.25) is 0 Å². The van der Waals surface area contributed by atoms with E-state index >= 15 is 0 Å². The number of carbonyl (C=O) groups excluding carboxylic acids is 3. The zero-order valence-electron chi connectivity index (χ0n) is 18.7. The summed E-state index contributed by atoms with van der Waals surface area (Å²) < 4.78 is 5.23. The lowest BCUT2D eigenvalue weighted by atomic mass is 10.0. The molecule has 0 radical (unpaired) electrons. The van der Waals surface area contributed by atoms with Crippen molar-refractivity contribution >= 4 is 29.2 Å². The van der Waals surface area contributed by atoms with Gasteiger partial charge in [-0.05, 0) is 61.1 Å². The number of anilines is 2. The first-order chi connectivity index (χ1) is 14.8. The van der Waals surface area contributed by atoms with Crippen LogP contribution in [0, 0.1) is 19.8 Å². The molecule has 1 saturated heterocycles. The van der Waals surface area contributed by atoms with Crippen LogP contribution in [0.15, 0.2) is 36.4 Å². The number of nitrogens with zero attached hydrogens (tertiary/aromatic N) is 1. The number of rotatable bonds is 7. The number of hydrogen-bond acceptors (Lipinski definition) is 4. The molecule has 1 N–H and O–H groups in total. The Labute approximate surface area is 183 Å². The van der Waals surface area contributed by atoms with Crippen molar-refractivity contribution in [2.24, 2.45) is 5.92 Å². The van der Waals surface area contributed by atoms with Crippen LogP contribution in [-0.2, 0) is 32.0 Å². The second kappa shape index (κ2) is 9.77. The molecule has 1 aliphatic rings. The number of benzene rings is 2. The number of esters is 1. The minimum absolute atomic E-state index is 0.0860. The predicted molar refractivity (Wildman–Crippen MR) is 121 cm³/mol. The van der Waals surface area contributed by atoms with Crippen molar-refractivity contribution < 1.29 is 19.1 Å². The Kier molecular flexibility index (Phi) is 7.10. The Balaban J connectivity index is 1.61. The van der Waals surface area contributed by atoms with Crippen LogP contribution in [0.25, 0.3) is 0 Å². The topological polar surface area (TPSA) is 75.7 Å². The van der Waals surface area contributed by atoms with Gasteiger partial charge in [-0.1, -0.05) is 38.1 Å². The third-order valence-electron chi connectivity index (χ3n) is 5.83. The first kappa shape index (κ1) is 22.5. The molecular weight excluding hydrogens is 392 g/mol. The van der Waals surface area contributed by atoms with Crippen molar-refractivity contribution in [3.05, 3.63) is 58.7 Å². The van der Waals surface area contributed by atoms with Crippen molar-refractivity contribution in [1.82, 2.24) is 0 Å². The van der Waals surface area contributed by atoms with Gasteiger partial charge in [0, 0.05) is 24.3 Å². The standard InChI is InChI=1S/C25H30N2O4/c1-5-18-8-7-9-19(6-2)24(18)27-14-20(13-23(27)29)25(30)31-15-22(28)26-21-11-10-16(3)17(4)12-21/h7-12,20H,5-6,13-15H2,1-4H3,(H,26,28)/t20-/m0/s1. The Morgan fingerprint density at radius 2 is 1.74 bits per heavy atom. The van der Waals surface area contributed by atoms with Crippen molar-refractivity contribution in [1.29, 1.82) is 0 Å². The molecule has 2 amide bonds. The summed E-state index contributed by atoms with van der Waals surface area (Å²) in [4.78, 5) is 39.1. The van der Waals surface area contributed by atoms with Gasteiger partial charge < -0.3 is 15.0 Å². The first-order valence-corrected chi connectivity index (χ1v) is 10.8. The van der Waals surface area contributed by atoms with Gasteiger partial charge in [-0.2, -0.15) is 0 Å². The van der Waals surface area contributed by atoms with Crippen molar-refractivity contribution in [2.45, 2.75) is 47.0 Å². The van der Waals surface area contributed by atoms with Crippen molar-refractivity contribution in [3.63, 3.8) is 0 Å². The van der Waals surface area contributed by atoms with Crippen LogP contribution in [0.1, 0.15) is 42.5 Å². The van der Waals surface area contributed by atoms with Crippen LogP contribution >= 0.6 is 0 Å².